The number of nitrogens with zero attached hydrogens (tertiary/aromatic N) is 3. The van der Waals surface area contributed by atoms with E-state index in [1.54, 1.807) is 10.9 Å². The Morgan fingerprint density at radius 3 is 2.58 bits per heavy atom. The smallest absolute Gasteiger partial charge is 0.143 e. The number of aromatic nitrogens is 3. The van der Waals surface area contributed by atoms with Crippen LogP contribution in [0.25, 0.3) is 22.5 Å². The van der Waals surface area contributed by atoms with Crippen molar-refractivity contribution >= 4 is 0 Å². The Labute approximate surface area is 111 Å². The van der Waals surface area contributed by atoms with E-state index < -0.39 is 0 Å². The van der Waals surface area contributed by atoms with Crippen molar-refractivity contribution in [3.05, 3.63) is 54.9 Å². The van der Waals surface area contributed by atoms with Crippen LogP contribution < -0.4 is 0 Å². The number of rotatable bonds is 2. The van der Waals surface area contributed by atoms with Crippen LogP contribution in [0.5, 0.6) is 5.75 Å². The highest BCUT2D eigenvalue weighted by molar-refractivity contribution is 5.72. The van der Waals surface area contributed by atoms with E-state index in [4.69, 9.17) is 0 Å². The van der Waals surface area contributed by atoms with Crippen LogP contribution in [0.4, 0.5) is 0 Å². The zero-order valence-corrected chi connectivity index (χ0v) is 10.5. The second-order valence-corrected chi connectivity index (χ2v) is 4.29. The molecule has 1 aromatic carbocycles. The first kappa shape index (κ1) is 11.5. The first-order valence-corrected chi connectivity index (χ1v) is 5.98. The van der Waals surface area contributed by atoms with Gasteiger partial charge in [0.1, 0.15) is 5.75 Å². The lowest BCUT2D eigenvalue weighted by Gasteiger charge is -2.07. The minimum absolute atomic E-state index is 0.156. The maximum Gasteiger partial charge on any atom is 0.143 e. The van der Waals surface area contributed by atoms with Gasteiger partial charge in [-0.15, -0.1) is 0 Å². The van der Waals surface area contributed by atoms with Gasteiger partial charge >= 0.3 is 0 Å². The van der Waals surface area contributed by atoms with Crippen LogP contribution in [0.15, 0.2) is 54.9 Å². The quantitative estimate of drug-likeness (QED) is 0.762. The lowest BCUT2D eigenvalue weighted by atomic mass is 10.1. The van der Waals surface area contributed by atoms with Crippen LogP contribution in [0, 0.1) is 0 Å². The number of pyridine rings is 1. The molecule has 0 unspecified atom stereocenters. The van der Waals surface area contributed by atoms with Crippen molar-refractivity contribution in [3.63, 3.8) is 0 Å². The molecule has 0 aliphatic heterocycles. The summed E-state index contributed by atoms with van der Waals surface area (Å²) < 4.78 is 1.73. The van der Waals surface area contributed by atoms with E-state index in [1.807, 2.05) is 49.5 Å². The van der Waals surface area contributed by atoms with Gasteiger partial charge in [0.2, 0.25) is 0 Å². The fourth-order valence-electron chi connectivity index (χ4n) is 2.06. The lowest BCUT2D eigenvalue weighted by Crippen LogP contribution is -1.94. The van der Waals surface area contributed by atoms with Crippen molar-refractivity contribution in [2.45, 2.75) is 0 Å². The Balaban J connectivity index is 2.14. The maximum absolute atomic E-state index is 9.97. The first-order chi connectivity index (χ1) is 9.25. The Kier molecular flexibility index (Phi) is 2.76. The summed E-state index contributed by atoms with van der Waals surface area (Å²) in [7, 11) is 1.84. The molecule has 3 rings (SSSR count). The molecular weight excluding hydrogens is 238 g/mol. The SMILES string of the molecule is Cn1nccc1-c1cc(-c2ccccc2)ncc1O. The van der Waals surface area contributed by atoms with Gasteiger partial charge in [-0.1, -0.05) is 30.3 Å². The summed E-state index contributed by atoms with van der Waals surface area (Å²) in [6.07, 6.45) is 3.18. The van der Waals surface area contributed by atoms with E-state index in [2.05, 4.69) is 10.1 Å². The fraction of sp³-hybridized carbons (Fsp3) is 0.0667. The molecule has 0 saturated heterocycles. The van der Waals surface area contributed by atoms with Gasteiger partial charge in [0.05, 0.1) is 17.6 Å². The molecule has 0 aliphatic rings. The number of hydrogen-bond donors (Lipinski definition) is 1. The predicted octanol–water partition coefficient (Wildman–Crippen LogP) is 2.85. The van der Waals surface area contributed by atoms with Crippen molar-refractivity contribution in [3.8, 4) is 28.3 Å². The summed E-state index contributed by atoms with van der Waals surface area (Å²) in [6, 6.07) is 13.6. The standard InChI is InChI=1S/C15H13N3O/c1-18-14(7-8-17-18)12-9-13(16-10-15(12)19)11-5-3-2-4-6-11/h2-10,19H,1H3. The van der Waals surface area contributed by atoms with E-state index in [-0.39, 0.29) is 5.75 Å². The van der Waals surface area contributed by atoms with Crippen molar-refractivity contribution in [1.82, 2.24) is 14.8 Å². The van der Waals surface area contributed by atoms with Crippen LogP contribution in [-0.4, -0.2) is 19.9 Å². The highest BCUT2D eigenvalue weighted by atomic mass is 16.3. The molecule has 0 amide bonds. The highest BCUT2D eigenvalue weighted by Gasteiger charge is 2.10. The molecule has 19 heavy (non-hydrogen) atoms. The van der Waals surface area contributed by atoms with Crippen LogP contribution in [0.3, 0.4) is 0 Å². The molecule has 4 nitrogen and oxygen atoms in total. The lowest BCUT2D eigenvalue weighted by molar-refractivity contribution is 0.474. The highest BCUT2D eigenvalue weighted by Crippen LogP contribution is 2.31. The minimum atomic E-state index is 0.156. The molecule has 1 N–H and O–H groups in total. The zero-order valence-electron chi connectivity index (χ0n) is 10.5. The third kappa shape index (κ3) is 2.08. The number of aryl methyl sites for hydroxylation is 1. The van der Waals surface area contributed by atoms with Gasteiger partial charge in [-0.25, -0.2) is 0 Å². The Hall–Kier alpha value is -2.62. The van der Waals surface area contributed by atoms with Gasteiger partial charge in [-0.05, 0) is 12.1 Å². The molecule has 0 aliphatic carbocycles. The summed E-state index contributed by atoms with van der Waals surface area (Å²) in [4.78, 5) is 4.27. The molecule has 0 saturated carbocycles. The Morgan fingerprint density at radius 1 is 1.11 bits per heavy atom. The first-order valence-electron chi connectivity index (χ1n) is 5.98. The van der Waals surface area contributed by atoms with Crippen molar-refractivity contribution in [2.24, 2.45) is 7.05 Å². The predicted molar refractivity (Wildman–Crippen MR) is 73.5 cm³/mol. The average molecular weight is 251 g/mol. The molecule has 0 fully saturated rings. The molecule has 0 atom stereocenters. The summed E-state index contributed by atoms with van der Waals surface area (Å²) in [5.41, 5.74) is 3.44. The molecule has 4 heteroatoms. The van der Waals surface area contributed by atoms with Crippen molar-refractivity contribution < 1.29 is 5.11 Å². The molecule has 94 valence electrons. The maximum atomic E-state index is 9.97. The van der Waals surface area contributed by atoms with Gasteiger partial charge in [0.15, 0.2) is 0 Å². The molecule has 2 heterocycles. The monoisotopic (exact) mass is 251 g/mol. The van der Waals surface area contributed by atoms with Crippen LogP contribution in [-0.2, 0) is 7.05 Å². The number of aromatic hydroxyl groups is 1. The van der Waals surface area contributed by atoms with Crippen LogP contribution >= 0.6 is 0 Å². The Morgan fingerprint density at radius 2 is 1.89 bits per heavy atom. The molecule has 0 spiro atoms. The van der Waals surface area contributed by atoms with E-state index in [0.717, 1.165) is 22.5 Å². The summed E-state index contributed by atoms with van der Waals surface area (Å²) in [5, 5.41) is 14.1. The third-order valence-electron chi connectivity index (χ3n) is 3.05. The zero-order chi connectivity index (χ0) is 13.2. The van der Waals surface area contributed by atoms with Gasteiger partial charge in [-0.3, -0.25) is 9.67 Å². The van der Waals surface area contributed by atoms with E-state index in [0.29, 0.717) is 0 Å². The van der Waals surface area contributed by atoms with Crippen molar-refractivity contribution in [2.75, 3.05) is 0 Å². The average Bonchev–Trinajstić information content (AvgIpc) is 2.86. The topological polar surface area (TPSA) is 50.9 Å². The largest absolute Gasteiger partial charge is 0.506 e. The fourth-order valence-corrected chi connectivity index (χ4v) is 2.06. The molecule has 2 aromatic heterocycles. The third-order valence-corrected chi connectivity index (χ3v) is 3.05. The van der Waals surface area contributed by atoms with Gasteiger partial charge in [0, 0.05) is 24.4 Å². The minimum Gasteiger partial charge on any atom is -0.506 e. The van der Waals surface area contributed by atoms with E-state index >= 15 is 0 Å². The van der Waals surface area contributed by atoms with E-state index in [9.17, 15) is 5.11 Å². The van der Waals surface area contributed by atoms with Gasteiger partial charge < -0.3 is 5.11 Å². The Bertz CT molecular complexity index is 704. The summed E-state index contributed by atoms with van der Waals surface area (Å²) >= 11 is 0. The second kappa shape index (κ2) is 4.57. The second-order valence-electron chi connectivity index (χ2n) is 4.29. The van der Waals surface area contributed by atoms with Gasteiger partial charge in [-0.2, -0.15) is 5.10 Å². The normalized spacial score (nSPS) is 10.6. The summed E-state index contributed by atoms with van der Waals surface area (Å²) in [5.74, 6) is 0.156. The number of benzene rings is 1. The molecule has 0 radical (unpaired) electrons. The van der Waals surface area contributed by atoms with Crippen LogP contribution in [0.1, 0.15) is 0 Å². The van der Waals surface area contributed by atoms with Gasteiger partial charge in [0.25, 0.3) is 0 Å². The van der Waals surface area contributed by atoms with Crippen LogP contribution in [0.2, 0.25) is 0 Å². The molecule has 0 bridgehead atoms. The van der Waals surface area contributed by atoms with E-state index in [1.165, 1.54) is 6.20 Å². The molecular formula is C15H13N3O. The van der Waals surface area contributed by atoms with Crippen molar-refractivity contribution in [1.29, 1.82) is 0 Å². The summed E-state index contributed by atoms with van der Waals surface area (Å²) in [6.45, 7) is 0. The number of hydrogen-bond acceptors (Lipinski definition) is 3. The molecule has 3 aromatic rings.